The summed E-state index contributed by atoms with van der Waals surface area (Å²) in [5.74, 6) is -1.65. The van der Waals surface area contributed by atoms with Crippen LogP contribution in [-0.2, 0) is 25.5 Å². The highest BCUT2D eigenvalue weighted by atomic mass is 16.5. The maximum Gasteiger partial charge on any atom is 0.309 e. The van der Waals surface area contributed by atoms with Crippen LogP contribution in [0.2, 0.25) is 0 Å². The van der Waals surface area contributed by atoms with Crippen molar-refractivity contribution >= 4 is 17.8 Å². The Labute approximate surface area is 177 Å². The zero-order chi connectivity index (χ0) is 21.9. The Bertz CT molecular complexity index is 734. The molecule has 0 fully saturated rings. The summed E-state index contributed by atoms with van der Waals surface area (Å²) in [5, 5.41) is 14.5. The van der Waals surface area contributed by atoms with Crippen molar-refractivity contribution in [3.8, 4) is 0 Å². The number of hydrogen-bond acceptors (Lipinski definition) is 5. The van der Waals surface area contributed by atoms with Gasteiger partial charge in [-0.05, 0) is 38.7 Å². The fourth-order valence-electron chi connectivity index (χ4n) is 3.29. The zero-order valence-corrected chi connectivity index (χ0v) is 17.7. The van der Waals surface area contributed by atoms with E-state index >= 15 is 0 Å². The molecule has 2 rings (SSSR count). The fourth-order valence-corrected chi connectivity index (χ4v) is 3.29. The Morgan fingerprint density at radius 3 is 2.53 bits per heavy atom. The van der Waals surface area contributed by atoms with E-state index in [1.165, 1.54) is 0 Å². The van der Waals surface area contributed by atoms with E-state index in [0.717, 1.165) is 5.56 Å². The number of cyclic esters (lactones) is 1. The molecule has 7 nitrogen and oxygen atoms in total. The average molecular weight is 417 g/mol. The van der Waals surface area contributed by atoms with Crippen LogP contribution in [0.1, 0.15) is 38.7 Å². The van der Waals surface area contributed by atoms with Crippen molar-refractivity contribution in [1.82, 2.24) is 10.6 Å². The number of rotatable bonds is 6. The summed E-state index contributed by atoms with van der Waals surface area (Å²) >= 11 is 0. The van der Waals surface area contributed by atoms with Gasteiger partial charge in [0.05, 0.1) is 25.0 Å². The number of hydrogen-bond donors (Lipinski definition) is 3. The lowest BCUT2D eigenvalue weighted by Crippen LogP contribution is -2.41. The zero-order valence-electron chi connectivity index (χ0n) is 17.7. The van der Waals surface area contributed by atoms with E-state index in [-0.39, 0.29) is 49.3 Å². The van der Waals surface area contributed by atoms with Gasteiger partial charge in [0.25, 0.3) is 0 Å². The Balaban J connectivity index is 2.08. The van der Waals surface area contributed by atoms with Crippen LogP contribution in [0.25, 0.3) is 0 Å². The monoisotopic (exact) mass is 416 g/mol. The predicted molar refractivity (Wildman–Crippen MR) is 113 cm³/mol. The lowest BCUT2D eigenvalue weighted by molar-refractivity contribution is -0.153. The molecule has 1 aromatic carbocycles. The molecule has 1 heterocycles. The SMILES string of the molecule is C[C@H](CO)NC(=O)C[C@H]1CC=CC[C@H](Cc2ccccc2)C(=O)O[C@@H](C)CNC1=O. The largest absolute Gasteiger partial charge is 0.461 e. The first-order chi connectivity index (χ1) is 14.4. The van der Waals surface area contributed by atoms with E-state index in [1.54, 1.807) is 13.8 Å². The summed E-state index contributed by atoms with van der Waals surface area (Å²) in [4.78, 5) is 37.3. The molecule has 164 valence electrons. The van der Waals surface area contributed by atoms with Crippen molar-refractivity contribution in [2.45, 2.75) is 51.7 Å². The van der Waals surface area contributed by atoms with E-state index in [9.17, 15) is 14.4 Å². The molecule has 0 bridgehead atoms. The van der Waals surface area contributed by atoms with Crippen LogP contribution in [-0.4, -0.2) is 48.2 Å². The summed E-state index contributed by atoms with van der Waals surface area (Å²) in [6.07, 6.45) is 4.78. The van der Waals surface area contributed by atoms with Crippen LogP contribution < -0.4 is 10.6 Å². The predicted octanol–water partition coefficient (Wildman–Crippen LogP) is 1.75. The van der Waals surface area contributed by atoms with E-state index in [0.29, 0.717) is 19.3 Å². The first-order valence-electron chi connectivity index (χ1n) is 10.5. The van der Waals surface area contributed by atoms with Gasteiger partial charge < -0.3 is 20.5 Å². The molecule has 0 unspecified atom stereocenters. The molecule has 0 aromatic heterocycles. The standard InChI is InChI=1S/C23H32N2O5/c1-16(15-26)25-21(27)13-19-10-6-7-11-20(12-18-8-4-3-5-9-18)23(29)30-17(2)14-24-22(19)28/h3-9,16-17,19-20,26H,10-15H2,1-2H3,(H,24,28)(H,25,27)/t16-,17+,19-,20-/m1/s1. The molecule has 0 saturated heterocycles. The third kappa shape index (κ3) is 7.99. The summed E-state index contributed by atoms with van der Waals surface area (Å²) in [5.41, 5.74) is 1.06. The molecule has 0 radical (unpaired) electrons. The highest BCUT2D eigenvalue weighted by Gasteiger charge is 2.25. The quantitative estimate of drug-likeness (QED) is 0.484. The van der Waals surface area contributed by atoms with Crippen LogP contribution in [0, 0.1) is 11.8 Å². The third-order valence-electron chi connectivity index (χ3n) is 5.03. The molecule has 0 spiro atoms. The Morgan fingerprint density at radius 1 is 1.20 bits per heavy atom. The summed E-state index contributed by atoms with van der Waals surface area (Å²) in [6, 6.07) is 9.43. The summed E-state index contributed by atoms with van der Waals surface area (Å²) in [6.45, 7) is 3.47. The van der Waals surface area contributed by atoms with Crippen LogP contribution >= 0.6 is 0 Å². The van der Waals surface area contributed by atoms with E-state index in [4.69, 9.17) is 9.84 Å². The van der Waals surface area contributed by atoms with Crippen LogP contribution in [0.4, 0.5) is 0 Å². The lowest BCUT2D eigenvalue weighted by Gasteiger charge is -2.22. The molecule has 1 aliphatic rings. The molecule has 2 amide bonds. The fraction of sp³-hybridized carbons (Fsp3) is 0.522. The minimum atomic E-state index is -0.526. The topological polar surface area (TPSA) is 105 Å². The van der Waals surface area contributed by atoms with Crippen molar-refractivity contribution in [3.63, 3.8) is 0 Å². The van der Waals surface area contributed by atoms with Gasteiger partial charge in [0, 0.05) is 12.5 Å². The second-order valence-corrected chi connectivity index (χ2v) is 7.87. The van der Waals surface area contributed by atoms with Crippen molar-refractivity contribution < 1.29 is 24.2 Å². The van der Waals surface area contributed by atoms with E-state index in [2.05, 4.69) is 10.6 Å². The Hall–Kier alpha value is -2.67. The highest BCUT2D eigenvalue weighted by molar-refractivity contribution is 5.86. The average Bonchev–Trinajstić information content (AvgIpc) is 2.73. The normalized spacial score (nSPS) is 24.0. The van der Waals surface area contributed by atoms with Crippen LogP contribution in [0.5, 0.6) is 0 Å². The minimum Gasteiger partial charge on any atom is -0.461 e. The van der Waals surface area contributed by atoms with Crippen molar-refractivity contribution in [1.29, 1.82) is 0 Å². The molecule has 30 heavy (non-hydrogen) atoms. The number of aliphatic hydroxyl groups excluding tert-OH is 1. The maximum absolute atomic E-state index is 12.6. The van der Waals surface area contributed by atoms with Gasteiger partial charge in [-0.15, -0.1) is 0 Å². The van der Waals surface area contributed by atoms with Gasteiger partial charge in [-0.2, -0.15) is 0 Å². The number of nitrogens with one attached hydrogen (secondary N) is 2. The number of carbonyl (C=O) groups excluding carboxylic acids is 3. The molecule has 4 atom stereocenters. The van der Waals surface area contributed by atoms with Gasteiger partial charge in [0.1, 0.15) is 6.10 Å². The number of aliphatic hydroxyl groups is 1. The number of ether oxygens (including phenoxy) is 1. The van der Waals surface area contributed by atoms with Gasteiger partial charge in [-0.25, -0.2) is 0 Å². The molecule has 1 aromatic rings. The molecule has 3 N–H and O–H groups in total. The number of benzene rings is 1. The highest BCUT2D eigenvalue weighted by Crippen LogP contribution is 2.18. The van der Waals surface area contributed by atoms with Gasteiger partial charge in [0.2, 0.25) is 11.8 Å². The van der Waals surface area contributed by atoms with Gasteiger partial charge >= 0.3 is 5.97 Å². The van der Waals surface area contributed by atoms with Crippen molar-refractivity contribution in [2.24, 2.45) is 11.8 Å². The summed E-state index contributed by atoms with van der Waals surface area (Å²) < 4.78 is 5.55. The van der Waals surface area contributed by atoms with E-state index in [1.807, 2.05) is 42.5 Å². The third-order valence-corrected chi connectivity index (χ3v) is 5.03. The molecule has 7 heteroatoms. The lowest BCUT2D eigenvalue weighted by atomic mass is 9.94. The number of carbonyl (C=O) groups is 3. The Morgan fingerprint density at radius 2 is 1.87 bits per heavy atom. The van der Waals surface area contributed by atoms with Crippen LogP contribution in [0.15, 0.2) is 42.5 Å². The van der Waals surface area contributed by atoms with Crippen molar-refractivity contribution in [3.05, 3.63) is 48.0 Å². The second-order valence-electron chi connectivity index (χ2n) is 7.87. The molecule has 0 aliphatic carbocycles. The maximum atomic E-state index is 12.6. The molecular formula is C23H32N2O5. The first kappa shape index (κ1) is 23.6. The number of amides is 2. The van der Waals surface area contributed by atoms with Gasteiger partial charge in [0.15, 0.2) is 0 Å². The van der Waals surface area contributed by atoms with Crippen LogP contribution in [0.3, 0.4) is 0 Å². The smallest absolute Gasteiger partial charge is 0.309 e. The van der Waals surface area contributed by atoms with Gasteiger partial charge in [-0.3, -0.25) is 14.4 Å². The van der Waals surface area contributed by atoms with E-state index < -0.39 is 12.0 Å². The Kier molecular flexibility index (Phi) is 9.54. The van der Waals surface area contributed by atoms with Gasteiger partial charge in [-0.1, -0.05) is 42.5 Å². The number of esters is 1. The first-order valence-corrected chi connectivity index (χ1v) is 10.5. The molecular weight excluding hydrogens is 384 g/mol. The minimum absolute atomic E-state index is 0.0299. The number of allylic oxidation sites excluding steroid dienone is 2. The summed E-state index contributed by atoms with van der Waals surface area (Å²) in [7, 11) is 0. The second kappa shape index (κ2) is 12.1. The molecule has 0 saturated carbocycles. The molecule has 1 aliphatic heterocycles. The van der Waals surface area contributed by atoms with Crippen molar-refractivity contribution in [2.75, 3.05) is 13.2 Å².